The molecular formula is C41H52N4O11. The van der Waals surface area contributed by atoms with Gasteiger partial charge in [0.05, 0.1) is 19.2 Å². The number of rotatable bonds is 14. The number of benzene rings is 2. The van der Waals surface area contributed by atoms with Gasteiger partial charge in [-0.3, -0.25) is 28.8 Å². The van der Waals surface area contributed by atoms with E-state index >= 15 is 4.79 Å². The van der Waals surface area contributed by atoms with Gasteiger partial charge in [0.2, 0.25) is 17.7 Å². The van der Waals surface area contributed by atoms with Crippen LogP contribution in [-0.2, 0) is 60.7 Å². The van der Waals surface area contributed by atoms with Crippen LogP contribution in [0, 0.1) is 5.41 Å². The number of hydrogen-bond acceptors (Lipinski definition) is 12. The number of ether oxygens (including phenoxy) is 4. The van der Waals surface area contributed by atoms with Gasteiger partial charge in [0.25, 0.3) is 0 Å². The van der Waals surface area contributed by atoms with E-state index in [9.17, 15) is 24.3 Å². The highest BCUT2D eigenvalue weighted by molar-refractivity contribution is 5.96. The predicted octanol–water partition coefficient (Wildman–Crippen LogP) is 2.00. The van der Waals surface area contributed by atoms with E-state index in [2.05, 4.69) is 5.32 Å². The van der Waals surface area contributed by atoms with Crippen molar-refractivity contribution >= 4 is 35.7 Å². The van der Waals surface area contributed by atoms with Gasteiger partial charge in [0.15, 0.2) is 6.04 Å². The minimum atomic E-state index is -1.51. The molecule has 0 radical (unpaired) electrons. The number of nitrogens with one attached hydrogen (secondary N) is 1. The van der Waals surface area contributed by atoms with Crippen molar-refractivity contribution < 1.29 is 52.9 Å². The van der Waals surface area contributed by atoms with Gasteiger partial charge in [-0.2, -0.15) is 5.06 Å². The van der Waals surface area contributed by atoms with Crippen LogP contribution >= 0.6 is 0 Å². The van der Waals surface area contributed by atoms with Crippen molar-refractivity contribution in [3.8, 4) is 0 Å². The molecule has 3 heterocycles. The summed E-state index contributed by atoms with van der Waals surface area (Å²) in [6, 6.07) is 13.5. The van der Waals surface area contributed by atoms with Crippen LogP contribution in [0.25, 0.3) is 6.08 Å². The van der Waals surface area contributed by atoms with Crippen molar-refractivity contribution in [3.05, 3.63) is 77.4 Å². The van der Waals surface area contributed by atoms with Crippen LogP contribution in [0.2, 0.25) is 0 Å². The first-order valence-corrected chi connectivity index (χ1v) is 18.9. The molecule has 2 aromatic rings. The standard InChI is InChI=1S/C41H52N4O11/c1-40(2,3)55-32(48)19-17-28(23-46)42-37(49)29(20-26-10-8-7-9-11-26)44(6)39(51)41-21-30-33-34(53-24-52-33)36(41)56-45(35(41)38(50)54-30)22-27-14-12-25(13-15-27)16-18-31(47)43(4)5/h7-16,18,28-30,33-36,46H,17,19-24H2,1-6H3,(H,42,49)/t28-,29+,30+,33-,34-,35-,36+,41-/m0/s1. The van der Waals surface area contributed by atoms with Gasteiger partial charge in [0.1, 0.15) is 48.3 Å². The maximum absolute atomic E-state index is 15.3. The molecule has 2 aromatic carbocycles. The van der Waals surface area contributed by atoms with Crippen molar-refractivity contribution in [2.45, 2.75) is 101 Å². The van der Waals surface area contributed by atoms with E-state index in [4.69, 9.17) is 23.8 Å². The summed E-state index contributed by atoms with van der Waals surface area (Å²) in [6.45, 7) is 4.88. The van der Waals surface area contributed by atoms with Gasteiger partial charge in [-0.15, -0.1) is 0 Å². The smallest absolute Gasteiger partial charge is 0.327 e. The molecule has 4 aliphatic rings. The van der Waals surface area contributed by atoms with E-state index in [1.54, 1.807) is 40.9 Å². The Morgan fingerprint density at radius 1 is 1.02 bits per heavy atom. The first-order chi connectivity index (χ1) is 26.6. The highest BCUT2D eigenvalue weighted by atomic mass is 16.8. The third-order valence-electron chi connectivity index (χ3n) is 10.7. The molecule has 2 N–H and O–H groups in total. The summed E-state index contributed by atoms with van der Waals surface area (Å²) in [5, 5.41) is 14.6. The van der Waals surface area contributed by atoms with Crippen LogP contribution in [0.4, 0.5) is 0 Å². The molecule has 15 heteroatoms. The van der Waals surface area contributed by atoms with Gasteiger partial charge in [-0.05, 0) is 50.0 Å². The first kappa shape index (κ1) is 41.0. The third kappa shape index (κ3) is 8.66. The lowest BCUT2D eigenvalue weighted by atomic mass is 9.62. The molecule has 0 unspecified atom stereocenters. The highest BCUT2D eigenvalue weighted by Crippen LogP contribution is 2.56. The van der Waals surface area contributed by atoms with E-state index in [0.717, 1.165) is 16.7 Å². The number of esters is 2. The van der Waals surface area contributed by atoms with Crippen LogP contribution in [-0.4, -0.2) is 132 Å². The third-order valence-corrected chi connectivity index (χ3v) is 10.7. The summed E-state index contributed by atoms with van der Waals surface area (Å²) in [5.41, 5.74) is 0.146. The van der Waals surface area contributed by atoms with E-state index in [-0.39, 0.29) is 44.9 Å². The number of aliphatic hydroxyl groups excluding tert-OH is 1. The Morgan fingerprint density at radius 2 is 1.71 bits per heavy atom. The lowest BCUT2D eigenvalue weighted by Gasteiger charge is -2.50. The Balaban J connectivity index is 1.28. The maximum atomic E-state index is 15.3. The monoisotopic (exact) mass is 776 g/mol. The van der Waals surface area contributed by atoms with Crippen LogP contribution in [0.1, 0.15) is 56.7 Å². The molecule has 2 bridgehead atoms. The van der Waals surface area contributed by atoms with E-state index < -0.39 is 83.9 Å². The Labute approximate surface area is 326 Å². The van der Waals surface area contributed by atoms with Crippen LogP contribution in [0.15, 0.2) is 60.7 Å². The average molecular weight is 777 g/mol. The lowest BCUT2D eigenvalue weighted by Crippen LogP contribution is -2.70. The fourth-order valence-corrected chi connectivity index (χ4v) is 7.95. The first-order valence-electron chi connectivity index (χ1n) is 18.9. The van der Waals surface area contributed by atoms with Crippen molar-refractivity contribution in [3.63, 3.8) is 0 Å². The van der Waals surface area contributed by atoms with Crippen LogP contribution in [0.3, 0.4) is 0 Å². The molecule has 0 spiro atoms. The Kier molecular flexibility index (Phi) is 12.3. The Morgan fingerprint density at radius 3 is 2.38 bits per heavy atom. The number of carbonyl (C=O) groups is 5. The molecule has 1 saturated carbocycles. The molecular weight excluding hydrogens is 724 g/mol. The number of hydroxylamine groups is 2. The molecule has 3 amide bonds. The molecule has 8 atom stereocenters. The second kappa shape index (κ2) is 16.8. The van der Waals surface area contributed by atoms with Crippen molar-refractivity contribution in [2.75, 3.05) is 34.5 Å². The minimum Gasteiger partial charge on any atom is -0.460 e. The summed E-state index contributed by atoms with van der Waals surface area (Å²) in [4.78, 5) is 77.4. The number of carbonyl (C=O) groups excluding carboxylic acids is 5. The molecule has 4 fully saturated rings. The molecule has 0 aromatic heterocycles. The SMILES string of the molecule is CN(C)C(=O)C=Cc1ccc(CN2O[C@@H]3[C@H]4OCO[C@H]4[C@H]4C[C@]3(C(=O)N(C)[C@H](Cc3ccccc3)C(=O)N[C@H](CO)CCC(=O)OC(C)(C)C)[C@@H]2C(=O)O4)cc1. The summed E-state index contributed by atoms with van der Waals surface area (Å²) in [7, 11) is 4.87. The largest absolute Gasteiger partial charge is 0.460 e. The maximum Gasteiger partial charge on any atom is 0.327 e. The molecule has 302 valence electrons. The quantitative estimate of drug-likeness (QED) is 0.212. The summed E-state index contributed by atoms with van der Waals surface area (Å²) in [6.07, 6.45) is 0.346. The van der Waals surface area contributed by atoms with Gasteiger partial charge < -0.3 is 39.2 Å². The summed E-state index contributed by atoms with van der Waals surface area (Å²) >= 11 is 0. The van der Waals surface area contributed by atoms with Gasteiger partial charge in [-0.1, -0.05) is 54.6 Å². The normalized spacial score (nSPS) is 26.6. The van der Waals surface area contributed by atoms with Crippen molar-refractivity contribution in [2.24, 2.45) is 5.41 Å². The van der Waals surface area contributed by atoms with Gasteiger partial charge in [0, 0.05) is 46.5 Å². The summed E-state index contributed by atoms with van der Waals surface area (Å²) in [5.74, 6) is -2.30. The summed E-state index contributed by atoms with van der Waals surface area (Å²) < 4.78 is 23.2. The molecule has 1 aliphatic carbocycles. The number of nitrogens with zero attached hydrogens (tertiary/aromatic N) is 3. The number of likely N-dealkylation sites (N-methyl/N-ethyl adjacent to an activating group) is 2. The van der Waals surface area contributed by atoms with Crippen LogP contribution in [0.5, 0.6) is 0 Å². The zero-order chi connectivity index (χ0) is 40.4. The second-order valence-electron chi connectivity index (χ2n) is 16.0. The molecule has 6 rings (SSSR count). The Bertz CT molecular complexity index is 1800. The zero-order valence-corrected chi connectivity index (χ0v) is 32.7. The fourth-order valence-electron chi connectivity index (χ4n) is 7.95. The Hall–Kier alpha value is -4.67. The lowest BCUT2D eigenvalue weighted by molar-refractivity contribution is -0.204. The number of fused-ring (bicyclic) bond motifs is 4. The van der Waals surface area contributed by atoms with Crippen LogP contribution < -0.4 is 5.32 Å². The van der Waals surface area contributed by atoms with Crippen molar-refractivity contribution in [1.29, 1.82) is 0 Å². The molecule has 56 heavy (non-hydrogen) atoms. The zero-order valence-electron chi connectivity index (χ0n) is 32.7. The number of amides is 3. The average Bonchev–Trinajstić information content (AvgIpc) is 3.79. The minimum absolute atomic E-state index is 0.0375. The predicted molar refractivity (Wildman–Crippen MR) is 201 cm³/mol. The fraction of sp³-hybridized carbons (Fsp3) is 0.537. The second-order valence-corrected chi connectivity index (χ2v) is 16.0. The van der Waals surface area contributed by atoms with E-state index in [0.29, 0.717) is 0 Å². The molecule has 3 saturated heterocycles. The van der Waals surface area contributed by atoms with Gasteiger partial charge >= 0.3 is 11.9 Å². The van der Waals surface area contributed by atoms with Gasteiger partial charge in [-0.25, -0.2) is 0 Å². The van der Waals surface area contributed by atoms with E-state index in [1.807, 2.05) is 54.6 Å². The van der Waals surface area contributed by atoms with Crippen molar-refractivity contribution in [1.82, 2.24) is 20.2 Å². The molecule has 3 aliphatic heterocycles. The molecule has 15 nitrogen and oxygen atoms in total. The van der Waals surface area contributed by atoms with E-state index in [1.165, 1.54) is 28.0 Å². The number of aliphatic hydroxyl groups is 1. The number of hydrogen-bond donors (Lipinski definition) is 2. The topological polar surface area (TPSA) is 173 Å². The highest BCUT2D eigenvalue weighted by Gasteiger charge is 2.75.